The van der Waals surface area contributed by atoms with Crippen molar-refractivity contribution in [1.82, 2.24) is 0 Å². The van der Waals surface area contributed by atoms with Crippen molar-refractivity contribution in [2.45, 2.75) is 51.5 Å². The van der Waals surface area contributed by atoms with Crippen LogP contribution in [-0.2, 0) is 6.42 Å². The van der Waals surface area contributed by atoms with Crippen molar-refractivity contribution in [3.05, 3.63) is 29.3 Å². The number of ether oxygens (including phenoxy) is 1. The molecule has 2 N–H and O–H groups in total. The Morgan fingerprint density at radius 3 is 3.11 bits per heavy atom. The topological polar surface area (TPSA) is 35.2 Å². The van der Waals surface area contributed by atoms with Crippen LogP contribution in [0.1, 0.15) is 56.2 Å². The van der Waals surface area contributed by atoms with E-state index in [0.29, 0.717) is 5.92 Å². The van der Waals surface area contributed by atoms with E-state index in [1.165, 1.54) is 43.2 Å². The molecule has 1 aliphatic heterocycles. The SMILES string of the molecule is CCC1CCCC(C(N)c2ccc3c(c2)CCO3)C1. The predicted molar refractivity (Wildman–Crippen MR) is 78.3 cm³/mol. The van der Waals surface area contributed by atoms with Gasteiger partial charge in [-0.15, -0.1) is 0 Å². The summed E-state index contributed by atoms with van der Waals surface area (Å²) in [5.74, 6) is 2.62. The van der Waals surface area contributed by atoms with Gasteiger partial charge in [-0.1, -0.05) is 38.3 Å². The smallest absolute Gasteiger partial charge is 0.122 e. The Bertz CT molecular complexity index is 443. The standard InChI is InChI=1S/C17H25NO/c1-2-12-4-3-5-14(10-12)17(18)15-6-7-16-13(11-15)8-9-19-16/h6-7,11-12,14,17H,2-5,8-10,18H2,1H3. The van der Waals surface area contributed by atoms with Crippen LogP contribution in [0.15, 0.2) is 18.2 Å². The van der Waals surface area contributed by atoms with Crippen molar-refractivity contribution < 1.29 is 4.74 Å². The minimum atomic E-state index is 0.209. The highest BCUT2D eigenvalue weighted by atomic mass is 16.5. The van der Waals surface area contributed by atoms with Crippen LogP contribution in [0, 0.1) is 11.8 Å². The third-order valence-electron chi connectivity index (χ3n) is 5.01. The van der Waals surface area contributed by atoms with Crippen molar-refractivity contribution in [2.24, 2.45) is 17.6 Å². The molecule has 1 heterocycles. The summed E-state index contributed by atoms with van der Waals surface area (Å²) in [6.07, 6.45) is 7.71. The summed E-state index contributed by atoms with van der Waals surface area (Å²) >= 11 is 0. The molecule has 3 unspecified atom stereocenters. The molecule has 1 aromatic carbocycles. The lowest BCUT2D eigenvalue weighted by molar-refractivity contribution is 0.230. The number of hydrogen-bond donors (Lipinski definition) is 1. The van der Waals surface area contributed by atoms with Crippen LogP contribution in [-0.4, -0.2) is 6.61 Å². The average molecular weight is 259 g/mol. The molecule has 2 nitrogen and oxygen atoms in total. The number of hydrogen-bond acceptors (Lipinski definition) is 2. The Hall–Kier alpha value is -1.02. The predicted octanol–water partition coefficient (Wildman–Crippen LogP) is 3.84. The minimum absolute atomic E-state index is 0.209. The lowest BCUT2D eigenvalue weighted by atomic mass is 9.75. The van der Waals surface area contributed by atoms with Gasteiger partial charge in [-0.25, -0.2) is 0 Å². The van der Waals surface area contributed by atoms with Crippen LogP contribution in [0.2, 0.25) is 0 Å². The molecule has 2 aliphatic rings. The molecule has 0 saturated heterocycles. The summed E-state index contributed by atoms with van der Waals surface area (Å²) in [5.41, 5.74) is 9.19. The summed E-state index contributed by atoms with van der Waals surface area (Å²) in [4.78, 5) is 0. The van der Waals surface area contributed by atoms with Crippen molar-refractivity contribution in [3.63, 3.8) is 0 Å². The van der Waals surface area contributed by atoms with Gasteiger partial charge in [0.05, 0.1) is 6.61 Å². The number of nitrogens with two attached hydrogens (primary N) is 1. The van der Waals surface area contributed by atoms with Gasteiger partial charge < -0.3 is 10.5 Å². The summed E-state index contributed by atoms with van der Waals surface area (Å²) < 4.78 is 5.57. The van der Waals surface area contributed by atoms with E-state index in [1.807, 2.05) is 0 Å². The Labute approximate surface area is 116 Å². The van der Waals surface area contributed by atoms with Crippen LogP contribution in [0.4, 0.5) is 0 Å². The number of benzene rings is 1. The Morgan fingerprint density at radius 2 is 2.26 bits per heavy atom. The Kier molecular flexibility index (Phi) is 3.79. The van der Waals surface area contributed by atoms with Gasteiger partial charge in [0.1, 0.15) is 5.75 Å². The number of rotatable bonds is 3. The molecule has 0 radical (unpaired) electrons. The molecule has 1 aromatic rings. The molecule has 3 atom stereocenters. The van der Waals surface area contributed by atoms with Crippen LogP contribution in [0.3, 0.4) is 0 Å². The zero-order chi connectivity index (χ0) is 13.2. The maximum atomic E-state index is 6.54. The molecule has 104 valence electrons. The second kappa shape index (κ2) is 5.54. The van der Waals surface area contributed by atoms with Gasteiger partial charge in [0, 0.05) is 12.5 Å². The van der Waals surface area contributed by atoms with E-state index in [4.69, 9.17) is 10.5 Å². The zero-order valence-electron chi connectivity index (χ0n) is 11.9. The second-order valence-electron chi connectivity index (χ2n) is 6.19. The van der Waals surface area contributed by atoms with Gasteiger partial charge in [0.15, 0.2) is 0 Å². The van der Waals surface area contributed by atoms with Crippen LogP contribution in [0.5, 0.6) is 5.75 Å². The lowest BCUT2D eigenvalue weighted by Gasteiger charge is -2.32. The summed E-state index contributed by atoms with van der Waals surface area (Å²) in [5, 5.41) is 0. The van der Waals surface area contributed by atoms with Crippen LogP contribution >= 0.6 is 0 Å². The fourth-order valence-corrected chi connectivity index (χ4v) is 3.72. The Balaban J connectivity index is 1.74. The highest BCUT2D eigenvalue weighted by molar-refractivity contribution is 5.40. The molecular formula is C17H25NO. The van der Waals surface area contributed by atoms with Gasteiger partial charge in [-0.2, -0.15) is 0 Å². The zero-order valence-corrected chi connectivity index (χ0v) is 11.9. The van der Waals surface area contributed by atoms with Gasteiger partial charge in [0.25, 0.3) is 0 Å². The molecule has 0 amide bonds. The fraction of sp³-hybridized carbons (Fsp3) is 0.647. The van der Waals surface area contributed by atoms with E-state index in [9.17, 15) is 0 Å². The maximum absolute atomic E-state index is 6.54. The summed E-state index contributed by atoms with van der Waals surface area (Å²) in [6.45, 7) is 3.14. The van der Waals surface area contributed by atoms with E-state index < -0.39 is 0 Å². The third kappa shape index (κ3) is 2.64. The maximum Gasteiger partial charge on any atom is 0.122 e. The molecule has 0 aromatic heterocycles. The number of fused-ring (bicyclic) bond motifs is 1. The monoisotopic (exact) mass is 259 g/mol. The van der Waals surface area contributed by atoms with E-state index >= 15 is 0 Å². The molecule has 1 aliphatic carbocycles. The first-order valence-electron chi connectivity index (χ1n) is 7.79. The van der Waals surface area contributed by atoms with E-state index in [1.54, 1.807) is 0 Å². The van der Waals surface area contributed by atoms with Gasteiger partial charge in [0.2, 0.25) is 0 Å². The van der Waals surface area contributed by atoms with Gasteiger partial charge in [-0.05, 0) is 41.9 Å². The molecule has 3 rings (SSSR count). The fourth-order valence-electron chi connectivity index (χ4n) is 3.72. The normalized spacial score (nSPS) is 27.7. The first kappa shape index (κ1) is 13.0. The van der Waals surface area contributed by atoms with Crippen molar-refractivity contribution in [2.75, 3.05) is 6.61 Å². The average Bonchev–Trinajstić information content (AvgIpc) is 2.94. The van der Waals surface area contributed by atoms with Crippen LogP contribution in [0.25, 0.3) is 0 Å². The summed E-state index contributed by atoms with van der Waals surface area (Å²) in [6, 6.07) is 6.77. The van der Waals surface area contributed by atoms with E-state index in [2.05, 4.69) is 25.1 Å². The quantitative estimate of drug-likeness (QED) is 0.895. The highest BCUT2D eigenvalue weighted by Crippen LogP contribution is 2.38. The minimum Gasteiger partial charge on any atom is -0.493 e. The molecule has 19 heavy (non-hydrogen) atoms. The largest absolute Gasteiger partial charge is 0.493 e. The second-order valence-corrected chi connectivity index (χ2v) is 6.19. The van der Waals surface area contributed by atoms with E-state index in [0.717, 1.165) is 24.7 Å². The lowest BCUT2D eigenvalue weighted by Crippen LogP contribution is -2.26. The third-order valence-corrected chi connectivity index (χ3v) is 5.01. The Morgan fingerprint density at radius 1 is 1.37 bits per heavy atom. The molecule has 0 spiro atoms. The van der Waals surface area contributed by atoms with Crippen molar-refractivity contribution in [3.8, 4) is 5.75 Å². The van der Waals surface area contributed by atoms with E-state index in [-0.39, 0.29) is 6.04 Å². The van der Waals surface area contributed by atoms with Gasteiger partial charge >= 0.3 is 0 Å². The molecule has 1 saturated carbocycles. The first-order valence-corrected chi connectivity index (χ1v) is 7.79. The first-order chi connectivity index (χ1) is 9.28. The molecule has 2 heteroatoms. The molecule has 0 bridgehead atoms. The van der Waals surface area contributed by atoms with Crippen LogP contribution < -0.4 is 10.5 Å². The molecular weight excluding hydrogens is 234 g/mol. The summed E-state index contributed by atoms with van der Waals surface area (Å²) in [7, 11) is 0. The van der Waals surface area contributed by atoms with Gasteiger partial charge in [-0.3, -0.25) is 0 Å². The highest BCUT2D eigenvalue weighted by Gasteiger charge is 2.27. The van der Waals surface area contributed by atoms with Crippen molar-refractivity contribution >= 4 is 0 Å². The molecule has 1 fully saturated rings. The van der Waals surface area contributed by atoms with Crippen molar-refractivity contribution in [1.29, 1.82) is 0 Å².